The zero-order valence-corrected chi connectivity index (χ0v) is 12.3. The van der Waals surface area contributed by atoms with Crippen molar-refractivity contribution in [2.45, 2.75) is 18.9 Å². The molecule has 4 nitrogen and oxygen atoms in total. The molecule has 22 heavy (non-hydrogen) atoms. The minimum atomic E-state index is -0.478. The Balaban J connectivity index is 1.56. The number of hydrogen-bond donors (Lipinski definition) is 1. The minimum Gasteiger partial charge on any atom is -0.486 e. The summed E-state index contributed by atoms with van der Waals surface area (Å²) in [5.74, 6) is 1.54. The fraction of sp³-hybridized carbons (Fsp3) is 0.278. The lowest BCUT2D eigenvalue weighted by atomic mass is 10.1. The Morgan fingerprint density at radius 3 is 2.86 bits per heavy atom. The lowest BCUT2D eigenvalue weighted by Crippen LogP contribution is -2.15. The molecule has 2 heterocycles. The van der Waals surface area contributed by atoms with Crippen molar-refractivity contribution in [1.82, 2.24) is 4.98 Å². The van der Waals surface area contributed by atoms with Crippen LogP contribution >= 0.6 is 0 Å². The summed E-state index contributed by atoms with van der Waals surface area (Å²) in [7, 11) is 0. The minimum absolute atomic E-state index is 0.478. The molecule has 4 heteroatoms. The van der Waals surface area contributed by atoms with Crippen LogP contribution in [0.5, 0.6) is 11.5 Å². The fourth-order valence-corrected chi connectivity index (χ4v) is 2.34. The van der Waals surface area contributed by atoms with E-state index >= 15 is 0 Å². The molecule has 0 spiro atoms. The third-order valence-electron chi connectivity index (χ3n) is 3.53. The fourth-order valence-electron chi connectivity index (χ4n) is 2.34. The average molecular weight is 297 g/mol. The van der Waals surface area contributed by atoms with Crippen molar-refractivity contribution in [3.63, 3.8) is 0 Å². The highest BCUT2D eigenvalue weighted by molar-refractivity contribution is 5.56. The molecule has 0 radical (unpaired) electrons. The summed E-state index contributed by atoms with van der Waals surface area (Å²) in [6, 6.07) is 9.71. The van der Waals surface area contributed by atoms with Crippen LogP contribution in [0.3, 0.4) is 0 Å². The van der Waals surface area contributed by atoms with E-state index in [2.05, 4.69) is 4.98 Å². The van der Waals surface area contributed by atoms with Gasteiger partial charge in [-0.05, 0) is 42.2 Å². The quantitative estimate of drug-likeness (QED) is 0.922. The van der Waals surface area contributed by atoms with Gasteiger partial charge in [-0.3, -0.25) is 4.98 Å². The first-order valence-corrected chi connectivity index (χ1v) is 7.46. The first-order chi connectivity index (χ1) is 10.8. The number of pyridine rings is 1. The number of fused-ring (bicyclic) bond motifs is 1. The van der Waals surface area contributed by atoms with Crippen LogP contribution in [0.4, 0.5) is 0 Å². The highest BCUT2D eigenvalue weighted by atomic mass is 16.6. The van der Waals surface area contributed by atoms with Crippen molar-refractivity contribution in [3.8, 4) is 11.5 Å². The summed E-state index contributed by atoms with van der Waals surface area (Å²) < 4.78 is 11.0. The molecule has 2 aromatic rings. The lowest BCUT2D eigenvalue weighted by molar-refractivity contribution is 0.171. The smallest absolute Gasteiger partial charge is 0.161 e. The molecular weight excluding hydrogens is 278 g/mol. The zero-order chi connectivity index (χ0) is 15.2. The maximum absolute atomic E-state index is 10.0. The molecule has 0 saturated carbocycles. The molecular formula is C18H19NO3. The van der Waals surface area contributed by atoms with Crippen molar-refractivity contribution in [2.75, 3.05) is 13.2 Å². The molecule has 0 aliphatic carbocycles. The Morgan fingerprint density at radius 2 is 2.05 bits per heavy atom. The van der Waals surface area contributed by atoms with E-state index in [1.807, 2.05) is 48.7 Å². The van der Waals surface area contributed by atoms with Crippen LogP contribution in [0.15, 0.2) is 48.8 Å². The molecule has 0 saturated heterocycles. The highest BCUT2D eigenvalue weighted by Crippen LogP contribution is 2.31. The van der Waals surface area contributed by atoms with Gasteiger partial charge in [-0.25, -0.2) is 0 Å². The molecule has 0 fully saturated rings. The van der Waals surface area contributed by atoms with Gasteiger partial charge in [0, 0.05) is 12.4 Å². The third-order valence-corrected chi connectivity index (χ3v) is 3.53. The standard InChI is InChI=1S/C18H19NO3/c20-16(7-4-15-2-1-9-19-13-15)6-3-14-5-8-17-18(12-14)22-11-10-21-17/h1-3,5-6,8-9,12-13,16,20H,4,7,10-11H2. The van der Waals surface area contributed by atoms with Crippen molar-refractivity contribution in [3.05, 3.63) is 59.9 Å². The van der Waals surface area contributed by atoms with E-state index in [4.69, 9.17) is 9.47 Å². The maximum atomic E-state index is 10.0. The molecule has 114 valence electrons. The van der Waals surface area contributed by atoms with Gasteiger partial charge >= 0.3 is 0 Å². The molecule has 1 N–H and O–H groups in total. The molecule has 0 bridgehead atoms. The second-order valence-corrected chi connectivity index (χ2v) is 5.23. The van der Waals surface area contributed by atoms with E-state index in [0.29, 0.717) is 19.6 Å². The summed E-state index contributed by atoms with van der Waals surface area (Å²) in [5.41, 5.74) is 2.12. The largest absolute Gasteiger partial charge is 0.486 e. The van der Waals surface area contributed by atoms with Gasteiger partial charge < -0.3 is 14.6 Å². The number of aromatic nitrogens is 1. The van der Waals surface area contributed by atoms with Crippen LogP contribution in [0.25, 0.3) is 6.08 Å². The van der Waals surface area contributed by atoms with E-state index in [0.717, 1.165) is 29.0 Å². The van der Waals surface area contributed by atoms with E-state index in [-0.39, 0.29) is 0 Å². The van der Waals surface area contributed by atoms with E-state index < -0.39 is 6.10 Å². The van der Waals surface area contributed by atoms with E-state index in [9.17, 15) is 5.11 Å². The second-order valence-electron chi connectivity index (χ2n) is 5.23. The maximum Gasteiger partial charge on any atom is 0.161 e. The highest BCUT2D eigenvalue weighted by Gasteiger charge is 2.10. The van der Waals surface area contributed by atoms with Crippen molar-refractivity contribution >= 4 is 6.08 Å². The van der Waals surface area contributed by atoms with Gasteiger partial charge in [0.25, 0.3) is 0 Å². The van der Waals surface area contributed by atoms with Gasteiger partial charge in [-0.15, -0.1) is 0 Å². The Bertz CT molecular complexity index is 640. The molecule has 1 aliphatic rings. The van der Waals surface area contributed by atoms with Crippen LogP contribution < -0.4 is 9.47 Å². The van der Waals surface area contributed by atoms with Gasteiger partial charge in [0.2, 0.25) is 0 Å². The van der Waals surface area contributed by atoms with Gasteiger partial charge in [-0.1, -0.05) is 24.3 Å². The first-order valence-electron chi connectivity index (χ1n) is 7.46. The Labute approximate surface area is 130 Å². The predicted octanol–water partition coefficient (Wildman–Crippen LogP) is 2.86. The zero-order valence-electron chi connectivity index (χ0n) is 12.3. The Morgan fingerprint density at radius 1 is 1.18 bits per heavy atom. The lowest BCUT2D eigenvalue weighted by Gasteiger charge is -2.18. The van der Waals surface area contributed by atoms with Crippen LogP contribution in [0, 0.1) is 0 Å². The Hall–Kier alpha value is -2.33. The topological polar surface area (TPSA) is 51.6 Å². The number of hydrogen-bond acceptors (Lipinski definition) is 4. The molecule has 1 aromatic carbocycles. The number of benzene rings is 1. The van der Waals surface area contributed by atoms with E-state index in [1.54, 1.807) is 6.20 Å². The number of nitrogens with zero attached hydrogens (tertiary/aromatic N) is 1. The van der Waals surface area contributed by atoms with Gasteiger partial charge in [0.15, 0.2) is 11.5 Å². The number of aliphatic hydroxyl groups excluding tert-OH is 1. The van der Waals surface area contributed by atoms with Gasteiger partial charge in [0.05, 0.1) is 6.10 Å². The van der Waals surface area contributed by atoms with Crippen LogP contribution in [-0.2, 0) is 6.42 Å². The second kappa shape index (κ2) is 7.09. The van der Waals surface area contributed by atoms with Crippen molar-refractivity contribution in [1.29, 1.82) is 0 Å². The average Bonchev–Trinajstić information content (AvgIpc) is 2.59. The first kappa shape index (κ1) is 14.6. The van der Waals surface area contributed by atoms with Gasteiger partial charge in [0.1, 0.15) is 13.2 Å². The van der Waals surface area contributed by atoms with Crippen LogP contribution in [0.1, 0.15) is 17.5 Å². The number of aryl methyl sites for hydroxylation is 1. The van der Waals surface area contributed by atoms with Crippen molar-refractivity contribution in [2.24, 2.45) is 0 Å². The summed E-state index contributed by atoms with van der Waals surface area (Å²) in [6.45, 7) is 1.17. The molecule has 1 unspecified atom stereocenters. The summed E-state index contributed by atoms with van der Waals surface area (Å²) in [5, 5.41) is 10.0. The van der Waals surface area contributed by atoms with Crippen LogP contribution in [0.2, 0.25) is 0 Å². The number of aliphatic hydroxyl groups is 1. The summed E-state index contributed by atoms with van der Waals surface area (Å²) >= 11 is 0. The normalized spacial score (nSPS) is 15.0. The summed E-state index contributed by atoms with van der Waals surface area (Å²) in [4.78, 5) is 4.07. The number of rotatable bonds is 5. The predicted molar refractivity (Wildman–Crippen MR) is 85.0 cm³/mol. The summed E-state index contributed by atoms with van der Waals surface area (Å²) in [6.07, 6.45) is 8.30. The molecule has 3 rings (SSSR count). The molecule has 1 atom stereocenters. The molecule has 1 aliphatic heterocycles. The monoisotopic (exact) mass is 297 g/mol. The molecule has 0 amide bonds. The number of ether oxygens (including phenoxy) is 2. The molecule has 1 aromatic heterocycles. The van der Waals surface area contributed by atoms with Gasteiger partial charge in [-0.2, -0.15) is 0 Å². The SMILES string of the molecule is OC(C=Cc1ccc2c(c1)OCCO2)CCc1cccnc1. The van der Waals surface area contributed by atoms with Crippen molar-refractivity contribution < 1.29 is 14.6 Å². The van der Waals surface area contributed by atoms with Crippen LogP contribution in [-0.4, -0.2) is 29.4 Å². The third kappa shape index (κ3) is 3.86. The Kier molecular flexibility index (Phi) is 4.71. The van der Waals surface area contributed by atoms with E-state index in [1.165, 1.54) is 0 Å².